The van der Waals surface area contributed by atoms with Crippen molar-refractivity contribution in [1.82, 2.24) is 0 Å². The Morgan fingerprint density at radius 3 is 2.72 bits per heavy atom. The fourth-order valence-electron chi connectivity index (χ4n) is 2.52. The van der Waals surface area contributed by atoms with Crippen LogP contribution in [0.5, 0.6) is 0 Å². The highest BCUT2D eigenvalue weighted by molar-refractivity contribution is 5.83. The average molecular weight is 248 g/mol. The number of allylic oxidation sites excluding steroid dienone is 5. The van der Waals surface area contributed by atoms with Crippen LogP contribution in [0.25, 0.3) is 0 Å². The summed E-state index contributed by atoms with van der Waals surface area (Å²) < 4.78 is 4.61. The van der Waals surface area contributed by atoms with E-state index < -0.39 is 0 Å². The van der Waals surface area contributed by atoms with Gasteiger partial charge in [-0.2, -0.15) is 0 Å². The number of rotatable bonds is 3. The summed E-state index contributed by atoms with van der Waals surface area (Å²) in [6.45, 7) is 8.72. The maximum Gasteiger partial charge on any atom is 0.330 e. The van der Waals surface area contributed by atoms with E-state index in [1.54, 1.807) is 0 Å². The van der Waals surface area contributed by atoms with Gasteiger partial charge in [-0.05, 0) is 37.7 Å². The molecule has 0 unspecified atom stereocenters. The van der Waals surface area contributed by atoms with Crippen LogP contribution in [0.15, 0.2) is 35.5 Å². The molecule has 0 aliphatic heterocycles. The maximum absolute atomic E-state index is 11.1. The second kappa shape index (κ2) is 6.03. The van der Waals surface area contributed by atoms with E-state index in [4.69, 9.17) is 0 Å². The van der Waals surface area contributed by atoms with Crippen molar-refractivity contribution in [2.75, 3.05) is 7.11 Å². The number of methoxy groups -OCH3 is 1. The quantitative estimate of drug-likeness (QED) is 0.326. The zero-order chi connectivity index (χ0) is 13.8. The summed E-state index contributed by atoms with van der Waals surface area (Å²) >= 11 is 0. The Balaban J connectivity index is 2.82. The molecular formula is C16H24O2. The first-order valence-corrected chi connectivity index (χ1v) is 6.48. The largest absolute Gasteiger partial charge is 0.466 e. The van der Waals surface area contributed by atoms with E-state index in [1.807, 2.05) is 13.0 Å². The van der Waals surface area contributed by atoms with Gasteiger partial charge in [-0.25, -0.2) is 4.79 Å². The monoisotopic (exact) mass is 248 g/mol. The van der Waals surface area contributed by atoms with Gasteiger partial charge in [0.05, 0.1) is 7.11 Å². The summed E-state index contributed by atoms with van der Waals surface area (Å²) in [6, 6.07) is 0. The smallest absolute Gasteiger partial charge is 0.330 e. The maximum atomic E-state index is 11.1. The Morgan fingerprint density at radius 1 is 1.50 bits per heavy atom. The molecule has 0 saturated carbocycles. The van der Waals surface area contributed by atoms with Gasteiger partial charge in [0.15, 0.2) is 0 Å². The average Bonchev–Trinajstić information content (AvgIpc) is 2.27. The highest BCUT2D eigenvalue weighted by atomic mass is 16.5. The molecule has 1 rings (SSSR count). The fourth-order valence-corrected chi connectivity index (χ4v) is 2.52. The van der Waals surface area contributed by atoms with Crippen LogP contribution in [0.2, 0.25) is 0 Å². The Labute approximate surface area is 110 Å². The van der Waals surface area contributed by atoms with Crippen molar-refractivity contribution in [3.63, 3.8) is 0 Å². The first kappa shape index (κ1) is 14.7. The molecule has 0 aromatic rings. The standard InChI is InChI=1S/C16H24O2/c1-12(11-15(17)18-5)8-9-14-13(2)7-6-10-16(14,3)4/h7-9,11,14H,6,10H2,1-5H3/b9-8+,12-11-/t14-/m0/s1. The molecule has 100 valence electrons. The summed E-state index contributed by atoms with van der Waals surface area (Å²) in [5.74, 6) is 0.152. The molecule has 1 atom stereocenters. The lowest BCUT2D eigenvalue weighted by Crippen LogP contribution is -2.26. The molecule has 0 fully saturated rings. The molecule has 2 nitrogen and oxygen atoms in total. The number of ether oxygens (including phenoxy) is 1. The van der Waals surface area contributed by atoms with Crippen LogP contribution in [-0.4, -0.2) is 13.1 Å². The van der Waals surface area contributed by atoms with Gasteiger partial charge in [0.1, 0.15) is 0 Å². The second-order valence-electron chi connectivity index (χ2n) is 5.72. The highest BCUT2D eigenvalue weighted by Gasteiger charge is 2.30. The molecule has 1 aliphatic carbocycles. The summed E-state index contributed by atoms with van der Waals surface area (Å²) in [7, 11) is 1.40. The van der Waals surface area contributed by atoms with E-state index in [1.165, 1.54) is 31.6 Å². The van der Waals surface area contributed by atoms with Gasteiger partial charge in [0.25, 0.3) is 0 Å². The first-order chi connectivity index (χ1) is 8.36. The van der Waals surface area contributed by atoms with E-state index in [0.29, 0.717) is 11.3 Å². The minimum absolute atomic E-state index is 0.293. The molecular weight excluding hydrogens is 224 g/mol. The lowest BCUT2D eigenvalue weighted by molar-refractivity contribution is -0.134. The third-order valence-corrected chi connectivity index (χ3v) is 3.69. The van der Waals surface area contributed by atoms with E-state index in [0.717, 1.165) is 5.57 Å². The third kappa shape index (κ3) is 3.86. The van der Waals surface area contributed by atoms with E-state index in [-0.39, 0.29) is 5.97 Å². The Bertz CT molecular complexity index is 397. The molecule has 0 amide bonds. The molecule has 0 N–H and O–H groups in total. The summed E-state index contributed by atoms with van der Waals surface area (Å²) in [4.78, 5) is 11.1. The zero-order valence-electron chi connectivity index (χ0n) is 12.1. The van der Waals surface area contributed by atoms with Gasteiger partial charge < -0.3 is 4.74 Å². The highest BCUT2D eigenvalue weighted by Crippen LogP contribution is 2.41. The minimum Gasteiger partial charge on any atom is -0.466 e. The van der Waals surface area contributed by atoms with Gasteiger partial charge in [-0.15, -0.1) is 0 Å². The van der Waals surface area contributed by atoms with Crippen molar-refractivity contribution in [3.8, 4) is 0 Å². The van der Waals surface area contributed by atoms with Crippen LogP contribution in [0, 0.1) is 11.3 Å². The van der Waals surface area contributed by atoms with Crippen molar-refractivity contribution < 1.29 is 9.53 Å². The van der Waals surface area contributed by atoms with Gasteiger partial charge in [-0.3, -0.25) is 0 Å². The predicted octanol–water partition coefficient (Wildman–Crippen LogP) is 4.04. The van der Waals surface area contributed by atoms with E-state index in [9.17, 15) is 4.79 Å². The van der Waals surface area contributed by atoms with Gasteiger partial charge in [-0.1, -0.05) is 37.6 Å². The van der Waals surface area contributed by atoms with Gasteiger partial charge in [0.2, 0.25) is 0 Å². The number of hydrogen-bond donors (Lipinski definition) is 0. The van der Waals surface area contributed by atoms with Crippen molar-refractivity contribution >= 4 is 5.97 Å². The summed E-state index contributed by atoms with van der Waals surface area (Å²) in [6.07, 6.45) is 10.4. The molecule has 0 heterocycles. The molecule has 0 aromatic carbocycles. The molecule has 0 spiro atoms. The van der Waals surface area contributed by atoms with Crippen LogP contribution in [0.4, 0.5) is 0 Å². The van der Waals surface area contributed by atoms with Gasteiger partial charge in [0, 0.05) is 12.0 Å². The van der Waals surface area contributed by atoms with Crippen LogP contribution >= 0.6 is 0 Å². The van der Waals surface area contributed by atoms with E-state index in [2.05, 4.69) is 37.7 Å². The lowest BCUT2D eigenvalue weighted by Gasteiger charge is -2.36. The topological polar surface area (TPSA) is 26.3 Å². The molecule has 1 aliphatic rings. The normalized spacial score (nSPS) is 23.9. The molecule has 0 bridgehead atoms. The van der Waals surface area contributed by atoms with Crippen molar-refractivity contribution in [2.45, 2.75) is 40.5 Å². The molecule has 0 saturated heterocycles. The number of carbonyl (C=O) groups excluding carboxylic acids is 1. The van der Waals surface area contributed by atoms with Crippen LogP contribution in [-0.2, 0) is 9.53 Å². The lowest BCUT2D eigenvalue weighted by atomic mass is 9.68. The minimum atomic E-state index is -0.299. The van der Waals surface area contributed by atoms with Gasteiger partial charge >= 0.3 is 5.97 Å². The Hall–Kier alpha value is -1.31. The molecule has 0 radical (unpaired) electrons. The van der Waals surface area contributed by atoms with E-state index >= 15 is 0 Å². The summed E-state index contributed by atoms with van der Waals surface area (Å²) in [5.41, 5.74) is 2.64. The SMILES string of the molecule is COC(=O)/C=C(C)\C=C\[C@H]1C(C)=CCCC1(C)C. The number of hydrogen-bond acceptors (Lipinski definition) is 2. The number of carbonyl (C=O) groups is 1. The number of esters is 1. The fraction of sp³-hybridized carbons (Fsp3) is 0.562. The molecule has 2 heteroatoms. The van der Waals surface area contributed by atoms with Crippen molar-refractivity contribution in [1.29, 1.82) is 0 Å². The zero-order valence-corrected chi connectivity index (χ0v) is 12.1. The Morgan fingerprint density at radius 2 is 2.17 bits per heavy atom. The predicted molar refractivity (Wildman–Crippen MR) is 75.2 cm³/mol. The van der Waals surface area contributed by atoms with Crippen LogP contribution in [0.1, 0.15) is 40.5 Å². The summed E-state index contributed by atoms with van der Waals surface area (Å²) in [5, 5.41) is 0. The van der Waals surface area contributed by atoms with Crippen molar-refractivity contribution in [3.05, 3.63) is 35.5 Å². The first-order valence-electron chi connectivity index (χ1n) is 6.48. The van der Waals surface area contributed by atoms with Crippen LogP contribution in [0.3, 0.4) is 0 Å². The molecule has 0 aromatic heterocycles. The second-order valence-corrected chi connectivity index (χ2v) is 5.72. The third-order valence-electron chi connectivity index (χ3n) is 3.69. The Kier molecular flexibility index (Phi) is 4.94. The van der Waals surface area contributed by atoms with Crippen LogP contribution < -0.4 is 0 Å². The molecule has 18 heavy (non-hydrogen) atoms. The van der Waals surface area contributed by atoms with Crippen molar-refractivity contribution in [2.24, 2.45) is 11.3 Å².